The first-order valence-corrected chi connectivity index (χ1v) is 12.2. The predicted octanol–water partition coefficient (Wildman–Crippen LogP) is 3.69. The van der Waals surface area contributed by atoms with Crippen LogP contribution in [0.3, 0.4) is 0 Å². The second kappa shape index (κ2) is 11.5. The lowest BCUT2D eigenvalue weighted by Gasteiger charge is -2.21. The fourth-order valence-electron chi connectivity index (χ4n) is 4.84. The van der Waals surface area contributed by atoms with E-state index in [1.165, 1.54) is 11.8 Å². The van der Waals surface area contributed by atoms with E-state index in [1.54, 1.807) is 24.1 Å². The lowest BCUT2D eigenvalue weighted by molar-refractivity contribution is 0.205. The molecule has 34 heavy (non-hydrogen) atoms. The number of urea groups is 1. The SMILES string of the molecule is COc1cccc(N2CCC(CNC(=O)N(C)CCCC3CC(c4cccc(F)c4)NN3)C2)c1. The molecule has 2 aromatic carbocycles. The molecule has 184 valence electrons. The van der Waals surface area contributed by atoms with E-state index in [-0.39, 0.29) is 17.9 Å². The van der Waals surface area contributed by atoms with Crippen LogP contribution in [0.25, 0.3) is 0 Å². The summed E-state index contributed by atoms with van der Waals surface area (Å²) in [7, 11) is 3.53. The monoisotopic (exact) mass is 469 g/mol. The molecule has 0 saturated carbocycles. The average molecular weight is 470 g/mol. The van der Waals surface area contributed by atoms with Crippen LogP contribution in [0.2, 0.25) is 0 Å². The molecule has 0 aliphatic carbocycles. The molecule has 0 aromatic heterocycles. The van der Waals surface area contributed by atoms with Gasteiger partial charge >= 0.3 is 6.03 Å². The minimum absolute atomic E-state index is 0.0185. The van der Waals surface area contributed by atoms with Gasteiger partial charge in [0.2, 0.25) is 0 Å². The number of hydrazine groups is 1. The van der Waals surface area contributed by atoms with E-state index in [0.29, 0.717) is 25.0 Å². The van der Waals surface area contributed by atoms with Crippen molar-refractivity contribution in [2.24, 2.45) is 5.92 Å². The van der Waals surface area contributed by atoms with E-state index < -0.39 is 0 Å². The van der Waals surface area contributed by atoms with E-state index in [9.17, 15) is 9.18 Å². The molecule has 2 amide bonds. The van der Waals surface area contributed by atoms with Crippen molar-refractivity contribution in [2.45, 2.75) is 37.8 Å². The molecule has 8 heteroatoms. The number of ether oxygens (including phenoxy) is 1. The number of hydrogen-bond donors (Lipinski definition) is 3. The summed E-state index contributed by atoms with van der Waals surface area (Å²) in [6.45, 7) is 3.31. The van der Waals surface area contributed by atoms with Crippen molar-refractivity contribution in [3.05, 3.63) is 59.9 Å². The number of halogens is 1. The molecule has 3 N–H and O–H groups in total. The van der Waals surface area contributed by atoms with Crippen molar-refractivity contribution in [3.63, 3.8) is 0 Å². The number of carbonyl (C=O) groups excluding carboxylic acids is 1. The number of rotatable bonds is 9. The Balaban J connectivity index is 1.12. The zero-order chi connectivity index (χ0) is 23.9. The van der Waals surface area contributed by atoms with E-state index in [4.69, 9.17) is 4.74 Å². The van der Waals surface area contributed by atoms with Crippen molar-refractivity contribution in [1.82, 2.24) is 21.1 Å². The van der Waals surface area contributed by atoms with Crippen LogP contribution in [-0.4, -0.2) is 57.3 Å². The van der Waals surface area contributed by atoms with E-state index >= 15 is 0 Å². The van der Waals surface area contributed by atoms with E-state index in [1.807, 2.05) is 25.2 Å². The third-order valence-corrected chi connectivity index (χ3v) is 6.87. The second-order valence-corrected chi connectivity index (χ2v) is 9.38. The Morgan fingerprint density at radius 2 is 2.09 bits per heavy atom. The largest absolute Gasteiger partial charge is 0.497 e. The van der Waals surface area contributed by atoms with Gasteiger partial charge in [0.05, 0.1) is 7.11 Å². The zero-order valence-corrected chi connectivity index (χ0v) is 20.1. The van der Waals surface area contributed by atoms with E-state index in [2.05, 4.69) is 33.2 Å². The molecule has 7 nitrogen and oxygen atoms in total. The summed E-state index contributed by atoms with van der Waals surface area (Å²) < 4.78 is 18.8. The van der Waals surface area contributed by atoms with Gasteiger partial charge in [-0.2, -0.15) is 0 Å². The Bertz CT molecular complexity index is 958. The van der Waals surface area contributed by atoms with Crippen LogP contribution in [0.15, 0.2) is 48.5 Å². The van der Waals surface area contributed by atoms with Crippen molar-refractivity contribution < 1.29 is 13.9 Å². The first-order valence-electron chi connectivity index (χ1n) is 12.2. The number of methoxy groups -OCH3 is 1. The Morgan fingerprint density at radius 1 is 1.24 bits per heavy atom. The highest BCUT2D eigenvalue weighted by Gasteiger charge is 2.26. The van der Waals surface area contributed by atoms with Gasteiger partial charge in [-0.1, -0.05) is 18.2 Å². The molecule has 3 atom stereocenters. The topological polar surface area (TPSA) is 68.9 Å². The lowest BCUT2D eigenvalue weighted by atomic mass is 9.99. The van der Waals surface area contributed by atoms with Crippen LogP contribution in [0.5, 0.6) is 5.75 Å². The van der Waals surface area contributed by atoms with Gasteiger partial charge in [0.25, 0.3) is 0 Å². The predicted molar refractivity (Wildman–Crippen MR) is 132 cm³/mol. The molecular formula is C26H36FN5O2. The summed E-state index contributed by atoms with van der Waals surface area (Å²) in [5.74, 6) is 1.10. The Hall–Kier alpha value is -2.84. The number of carbonyl (C=O) groups is 1. The molecule has 0 bridgehead atoms. The summed E-state index contributed by atoms with van der Waals surface area (Å²) in [6.07, 6.45) is 3.83. The summed E-state index contributed by atoms with van der Waals surface area (Å²) >= 11 is 0. The third kappa shape index (κ3) is 6.39. The Labute approximate surface area is 201 Å². The fourth-order valence-corrected chi connectivity index (χ4v) is 4.84. The number of anilines is 1. The van der Waals surface area contributed by atoms with Gasteiger partial charge in [-0.05, 0) is 61.4 Å². The van der Waals surface area contributed by atoms with Gasteiger partial charge in [0.15, 0.2) is 0 Å². The first kappa shape index (κ1) is 24.3. The van der Waals surface area contributed by atoms with Gasteiger partial charge in [0, 0.05) is 57.1 Å². The number of benzene rings is 2. The summed E-state index contributed by atoms with van der Waals surface area (Å²) in [4.78, 5) is 16.7. The number of amides is 2. The lowest BCUT2D eigenvalue weighted by Crippen LogP contribution is -2.40. The minimum Gasteiger partial charge on any atom is -0.497 e. The zero-order valence-electron chi connectivity index (χ0n) is 20.1. The molecule has 4 rings (SSSR count). The van der Waals surface area contributed by atoms with Crippen LogP contribution in [0.4, 0.5) is 14.9 Å². The van der Waals surface area contributed by atoms with E-state index in [0.717, 1.165) is 50.1 Å². The maximum Gasteiger partial charge on any atom is 0.317 e. The number of hydrogen-bond acceptors (Lipinski definition) is 5. The molecule has 0 spiro atoms. The van der Waals surface area contributed by atoms with Crippen LogP contribution in [0.1, 0.15) is 37.3 Å². The van der Waals surface area contributed by atoms with Crippen molar-refractivity contribution in [2.75, 3.05) is 45.2 Å². The maximum atomic E-state index is 13.5. The van der Waals surface area contributed by atoms with Gasteiger partial charge in [-0.25, -0.2) is 9.18 Å². The number of nitrogens with zero attached hydrogens (tertiary/aromatic N) is 2. The van der Waals surface area contributed by atoms with Crippen molar-refractivity contribution in [1.29, 1.82) is 0 Å². The van der Waals surface area contributed by atoms with Gasteiger partial charge in [0.1, 0.15) is 11.6 Å². The molecule has 2 saturated heterocycles. The summed E-state index contributed by atoms with van der Waals surface area (Å²) in [6, 6.07) is 15.3. The first-order chi connectivity index (χ1) is 16.5. The highest BCUT2D eigenvalue weighted by molar-refractivity contribution is 5.73. The summed E-state index contributed by atoms with van der Waals surface area (Å²) in [5, 5.41) is 3.10. The number of nitrogens with one attached hydrogen (secondary N) is 3. The highest BCUT2D eigenvalue weighted by atomic mass is 19.1. The normalized spacial score (nSPS) is 22.1. The second-order valence-electron chi connectivity index (χ2n) is 9.38. The molecule has 3 unspecified atom stereocenters. The van der Waals surface area contributed by atoms with Crippen molar-refractivity contribution in [3.8, 4) is 5.75 Å². The van der Waals surface area contributed by atoms with Gasteiger partial charge in [-0.15, -0.1) is 0 Å². The molecule has 2 fully saturated rings. The molecule has 2 aliphatic heterocycles. The molecule has 2 aliphatic rings. The quantitative estimate of drug-likeness (QED) is 0.523. The van der Waals surface area contributed by atoms with Crippen molar-refractivity contribution >= 4 is 11.7 Å². The highest BCUT2D eigenvalue weighted by Crippen LogP contribution is 2.27. The molecule has 2 heterocycles. The van der Waals surface area contributed by atoms with Crippen LogP contribution < -0.4 is 25.8 Å². The van der Waals surface area contributed by atoms with Crippen LogP contribution >= 0.6 is 0 Å². The van der Waals surface area contributed by atoms with Gasteiger partial charge < -0.3 is 19.9 Å². The third-order valence-electron chi connectivity index (χ3n) is 6.87. The standard InChI is InChI=1S/C26H36FN5O2/c1-31(12-5-8-22-15-25(30-29-22)20-6-3-7-21(27)14-20)26(33)28-17-19-11-13-32(18-19)23-9-4-10-24(16-23)34-2/h3-4,6-7,9-10,14,16,19,22,25,29-30H,5,8,11-13,15,17-18H2,1-2H3,(H,28,33). The Kier molecular flexibility index (Phi) is 8.24. The fraction of sp³-hybridized carbons (Fsp3) is 0.500. The molecule has 2 aromatic rings. The van der Waals surface area contributed by atoms with Crippen LogP contribution in [-0.2, 0) is 0 Å². The molecule has 0 radical (unpaired) electrons. The van der Waals surface area contributed by atoms with Gasteiger partial charge in [-0.3, -0.25) is 10.9 Å². The average Bonchev–Trinajstić information content (AvgIpc) is 3.52. The molecular weight excluding hydrogens is 433 g/mol. The minimum atomic E-state index is -0.207. The maximum absolute atomic E-state index is 13.5. The Morgan fingerprint density at radius 3 is 2.91 bits per heavy atom. The smallest absolute Gasteiger partial charge is 0.317 e. The summed E-state index contributed by atoms with van der Waals surface area (Å²) in [5.41, 5.74) is 8.70. The van der Waals surface area contributed by atoms with Crippen LogP contribution in [0, 0.1) is 11.7 Å².